The van der Waals surface area contributed by atoms with E-state index in [-0.39, 0.29) is 10.9 Å². The topological polar surface area (TPSA) is 15.7 Å². The Balaban J connectivity index is 1.82. The van der Waals surface area contributed by atoms with Crippen LogP contribution in [-0.4, -0.2) is 71.6 Å². The molecule has 0 radical (unpaired) electrons. The summed E-state index contributed by atoms with van der Waals surface area (Å²) in [6, 6.07) is 0.833. The van der Waals surface area contributed by atoms with Gasteiger partial charge in [-0.1, -0.05) is 13.8 Å². The average Bonchev–Trinajstić information content (AvgIpc) is 3.07. The highest BCUT2D eigenvalue weighted by molar-refractivity contribution is 8.16. The highest BCUT2D eigenvalue weighted by Gasteiger charge is 2.69. The number of likely N-dealkylation sites (tertiary alicyclic amines) is 1. The Hall–Kier alpha value is 0.230. The van der Waals surface area contributed by atoms with Gasteiger partial charge in [0.05, 0.1) is 13.2 Å². The van der Waals surface area contributed by atoms with Gasteiger partial charge in [0.1, 0.15) is 0 Å². The molecule has 2 aliphatic heterocycles. The molecular formula is C18H36N2OS. The Kier molecular flexibility index (Phi) is 4.61. The largest absolute Gasteiger partial charge is 0.379 e. The number of nitrogens with zero attached hydrogens (tertiary/aromatic N) is 2. The van der Waals surface area contributed by atoms with Crippen LogP contribution in [0.4, 0.5) is 0 Å². The zero-order chi connectivity index (χ0) is 16.1. The fourth-order valence-electron chi connectivity index (χ4n) is 4.83. The van der Waals surface area contributed by atoms with Gasteiger partial charge in [0.2, 0.25) is 0 Å². The Bertz CT molecular complexity index is 404. The Morgan fingerprint density at radius 1 is 1.23 bits per heavy atom. The minimum absolute atomic E-state index is 0.0907. The molecule has 1 saturated carbocycles. The maximum Gasteiger partial charge on any atom is 0.0594 e. The van der Waals surface area contributed by atoms with Crippen LogP contribution in [0.1, 0.15) is 41.0 Å². The second-order valence-electron chi connectivity index (χ2n) is 8.81. The summed E-state index contributed by atoms with van der Waals surface area (Å²) in [7, 11) is 0.0907. The number of thiol groups is 1. The Morgan fingerprint density at radius 3 is 2.41 bits per heavy atom. The summed E-state index contributed by atoms with van der Waals surface area (Å²) in [4.78, 5) is 5.60. The van der Waals surface area contributed by atoms with Crippen molar-refractivity contribution in [1.82, 2.24) is 9.80 Å². The second-order valence-corrected chi connectivity index (χ2v) is 11.5. The third-order valence-corrected chi connectivity index (χ3v) is 8.86. The summed E-state index contributed by atoms with van der Waals surface area (Å²) in [6.07, 6.45) is 3.96. The highest BCUT2D eigenvalue weighted by Crippen LogP contribution is 2.67. The first-order valence-corrected chi connectivity index (χ1v) is 11.1. The minimum Gasteiger partial charge on any atom is -0.379 e. The number of ether oxygens (including phenoxy) is 1. The quantitative estimate of drug-likeness (QED) is 0.799. The molecule has 3 rings (SSSR count). The van der Waals surface area contributed by atoms with Gasteiger partial charge in [-0.3, -0.25) is 9.80 Å². The van der Waals surface area contributed by atoms with Gasteiger partial charge in [-0.15, -0.1) is 0 Å². The summed E-state index contributed by atoms with van der Waals surface area (Å²) < 4.78 is 5.55. The Labute approximate surface area is 140 Å². The number of hydrogen-bond donors (Lipinski definition) is 1. The monoisotopic (exact) mass is 328 g/mol. The normalized spacial score (nSPS) is 42.3. The molecule has 3 unspecified atom stereocenters. The van der Waals surface area contributed by atoms with Crippen molar-refractivity contribution < 1.29 is 4.74 Å². The molecule has 5 atom stereocenters. The van der Waals surface area contributed by atoms with Crippen molar-refractivity contribution in [3.05, 3.63) is 0 Å². The molecule has 0 aromatic carbocycles. The lowest BCUT2D eigenvalue weighted by molar-refractivity contribution is 0.0225. The SMILES string of the molecule is CC[SH](C)[C@@H]1C(CN2CCOCC2)[C@@]2(C)CC2N1C(C)(C)C. The first kappa shape index (κ1) is 17.1. The van der Waals surface area contributed by atoms with Gasteiger partial charge in [-0.05, 0) is 44.6 Å². The lowest BCUT2D eigenvalue weighted by atomic mass is 9.91. The number of hydrogen-bond acceptors (Lipinski definition) is 3. The smallest absolute Gasteiger partial charge is 0.0594 e. The van der Waals surface area contributed by atoms with Gasteiger partial charge in [0.25, 0.3) is 0 Å². The van der Waals surface area contributed by atoms with Gasteiger partial charge >= 0.3 is 0 Å². The molecule has 0 spiro atoms. The van der Waals surface area contributed by atoms with Crippen LogP contribution in [0, 0.1) is 11.3 Å². The molecule has 4 heteroatoms. The maximum atomic E-state index is 5.55. The molecule has 2 heterocycles. The van der Waals surface area contributed by atoms with Crippen molar-refractivity contribution in [3.63, 3.8) is 0 Å². The maximum absolute atomic E-state index is 5.55. The van der Waals surface area contributed by atoms with E-state index in [9.17, 15) is 0 Å². The average molecular weight is 329 g/mol. The molecule has 3 aliphatic rings. The van der Waals surface area contributed by atoms with Gasteiger partial charge in [0, 0.05) is 42.5 Å². The van der Waals surface area contributed by atoms with Gasteiger partial charge in [-0.2, -0.15) is 0 Å². The molecule has 3 nitrogen and oxygen atoms in total. The molecule has 3 fully saturated rings. The molecule has 0 amide bonds. The number of fused-ring (bicyclic) bond motifs is 1. The fourth-order valence-corrected chi connectivity index (χ4v) is 7.18. The minimum atomic E-state index is 0.0907. The van der Waals surface area contributed by atoms with Crippen molar-refractivity contribution >= 4 is 10.9 Å². The van der Waals surface area contributed by atoms with Crippen LogP contribution < -0.4 is 0 Å². The van der Waals surface area contributed by atoms with E-state index in [0.717, 1.165) is 43.6 Å². The van der Waals surface area contributed by atoms with E-state index in [4.69, 9.17) is 4.74 Å². The van der Waals surface area contributed by atoms with Crippen LogP contribution in [0.5, 0.6) is 0 Å². The zero-order valence-corrected chi connectivity index (χ0v) is 16.3. The van der Waals surface area contributed by atoms with Gasteiger partial charge in [0.15, 0.2) is 0 Å². The molecule has 1 aliphatic carbocycles. The van der Waals surface area contributed by atoms with Gasteiger partial charge in [-0.25, -0.2) is 10.9 Å². The summed E-state index contributed by atoms with van der Waals surface area (Å²) in [5.41, 5.74) is 0.876. The molecular weight excluding hydrogens is 292 g/mol. The lowest BCUT2D eigenvalue weighted by Crippen LogP contribution is -2.51. The van der Waals surface area contributed by atoms with Crippen molar-refractivity contribution in [2.24, 2.45) is 11.3 Å². The standard InChI is InChI=1S/C18H36N2OS/c1-7-22(6)16-14(13-19-8-10-21-11-9-19)18(5)12-15(18)20(16)17(2,3)4/h14-16,22H,7-13H2,1-6H3/t14?,15?,16-,18-/m1/s1. The summed E-state index contributed by atoms with van der Waals surface area (Å²) in [6.45, 7) is 17.6. The van der Waals surface area contributed by atoms with Crippen LogP contribution in [0.3, 0.4) is 0 Å². The lowest BCUT2D eigenvalue weighted by Gasteiger charge is -2.46. The molecule has 22 heavy (non-hydrogen) atoms. The summed E-state index contributed by atoms with van der Waals surface area (Å²) >= 11 is 0. The van der Waals surface area contributed by atoms with Crippen LogP contribution >= 0.6 is 10.9 Å². The number of rotatable bonds is 4. The van der Waals surface area contributed by atoms with Crippen LogP contribution in [-0.2, 0) is 4.74 Å². The van der Waals surface area contributed by atoms with E-state index in [2.05, 4.69) is 50.7 Å². The van der Waals surface area contributed by atoms with E-state index in [1.54, 1.807) is 0 Å². The molecule has 130 valence electrons. The molecule has 0 N–H and O–H groups in total. The van der Waals surface area contributed by atoms with Crippen LogP contribution in [0.2, 0.25) is 0 Å². The summed E-state index contributed by atoms with van der Waals surface area (Å²) in [5, 5.41) is 0.812. The van der Waals surface area contributed by atoms with Crippen LogP contribution in [0.15, 0.2) is 0 Å². The van der Waals surface area contributed by atoms with Gasteiger partial charge < -0.3 is 4.74 Å². The third kappa shape index (κ3) is 2.85. The summed E-state index contributed by atoms with van der Waals surface area (Å²) in [5.74, 6) is 2.21. The first-order chi connectivity index (χ1) is 10.3. The molecule has 0 aromatic heterocycles. The Morgan fingerprint density at radius 2 is 1.86 bits per heavy atom. The molecule has 2 saturated heterocycles. The van der Waals surface area contributed by atoms with Crippen molar-refractivity contribution in [3.8, 4) is 0 Å². The van der Waals surface area contributed by atoms with Crippen molar-refractivity contribution in [2.75, 3.05) is 44.9 Å². The number of morpholine rings is 1. The third-order valence-electron chi connectivity index (χ3n) is 6.35. The van der Waals surface area contributed by atoms with E-state index in [1.165, 1.54) is 18.7 Å². The predicted octanol–water partition coefficient (Wildman–Crippen LogP) is 2.80. The second kappa shape index (κ2) is 5.94. The number of piperidine rings is 1. The fraction of sp³-hybridized carbons (Fsp3) is 1.00. The molecule has 0 aromatic rings. The zero-order valence-electron chi connectivity index (χ0n) is 15.4. The molecule has 0 bridgehead atoms. The van der Waals surface area contributed by atoms with E-state index < -0.39 is 0 Å². The predicted molar refractivity (Wildman–Crippen MR) is 98.1 cm³/mol. The van der Waals surface area contributed by atoms with Crippen molar-refractivity contribution in [2.45, 2.75) is 58.0 Å². The van der Waals surface area contributed by atoms with E-state index in [0.29, 0.717) is 11.0 Å². The van der Waals surface area contributed by atoms with E-state index >= 15 is 0 Å². The van der Waals surface area contributed by atoms with Crippen molar-refractivity contribution in [1.29, 1.82) is 0 Å². The highest BCUT2D eigenvalue weighted by atomic mass is 32.2. The van der Waals surface area contributed by atoms with E-state index in [1.807, 2.05) is 0 Å². The first-order valence-electron chi connectivity index (χ1n) is 9.08. The van der Waals surface area contributed by atoms with Crippen LogP contribution in [0.25, 0.3) is 0 Å².